The minimum Gasteiger partial charge on any atom is -0.497 e. The second-order valence-electron chi connectivity index (χ2n) is 7.27. The van der Waals surface area contributed by atoms with Gasteiger partial charge < -0.3 is 18.8 Å². The number of Topliss-reactive ketones (excluding diaryl/α,β-unsaturated/α-hetero) is 1. The van der Waals surface area contributed by atoms with Crippen molar-refractivity contribution in [3.05, 3.63) is 76.6 Å². The Kier molecular flexibility index (Phi) is 7.13. The summed E-state index contributed by atoms with van der Waals surface area (Å²) in [5.74, 6) is 1.57. The van der Waals surface area contributed by atoms with Gasteiger partial charge in [-0.2, -0.15) is 0 Å². The maximum Gasteiger partial charge on any atom is 0.202 e. The molecule has 162 valence electrons. The molecule has 0 spiro atoms. The van der Waals surface area contributed by atoms with Gasteiger partial charge in [0, 0.05) is 29.1 Å². The first-order chi connectivity index (χ1) is 15.0. The average Bonchev–Trinajstić information content (AvgIpc) is 3.09. The summed E-state index contributed by atoms with van der Waals surface area (Å²) >= 11 is 0. The highest BCUT2D eigenvalue weighted by atomic mass is 16.5. The Bertz CT molecular complexity index is 1070. The van der Waals surface area contributed by atoms with Crippen LogP contribution in [-0.2, 0) is 13.0 Å². The zero-order valence-corrected chi connectivity index (χ0v) is 18.3. The van der Waals surface area contributed by atoms with Crippen LogP contribution in [0.2, 0.25) is 0 Å². The average molecular weight is 421 g/mol. The number of benzene rings is 2. The minimum atomic E-state index is -0.112. The quantitative estimate of drug-likeness (QED) is 0.358. The predicted octanol–water partition coefficient (Wildman–Crippen LogP) is 4.44. The fraction of sp³-hybridized carbons (Fsp3) is 0.280. The van der Waals surface area contributed by atoms with Gasteiger partial charge in [-0.3, -0.25) is 9.59 Å². The van der Waals surface area contributed by atoms with Crippen molar-refractivity contribution in [1.29, 1.82) is 0 Å². The molecule has 0 aliphatic carbocycles. The molecule has 0 saturated carbocycles. The fourth-order valence-corrected chi connectivity index (χ4v) is 3.56. The molecule has 0 amide bonds. The lowest BCUT2D eigenvalue weighted by Crippen LogP contribution is -2.13. The van der Waals surface area contributed by atoms with E-state index in [0.717, 1.165) is 36.4 Å². The first-order valence-corrected chi connectivity index (χ1v) is 10.1. The second kappa shape index (κ2) is 9.98. The van der Waals surface area contributed by atoms with Gasteiger partial charge in [-0.1, -0.05) is 12.1 Å². The number of hydrogen-bond donors (Lipinski definition) is 0. The molecule has 0 fully saturated rings. The van der Waals surface area contributed by atoms with Gasteiger partial charge in [0.05, 0.1) is 14.2 Å². The van der Waals surface area contributed by atoms with Gasteiger partial charge in [0.25, 0.3) is 0 Å². The first kappa shape index (κ1) is 22.2. The molecule has 0 radical (unpaired) electrons. The van der Waals surface area contributed by atoms with E-state index in [-0.39, 0.29) is 12.4 Å². The summed E-state index contributed by atoms with van der Waals surface area (Å²) in [5.41, 5.74) is 4.28. The van der Waals surface area contributed by atoms with Crippen molar-refractivity contribution in [2.24, 2.45) is 0 Å². The topological polar surface area (TPSA) is 66.8 Å². The Morgan fingerprint density at radius 2 is 1.71 bits per heavy atom. The van der Waals surface area contributed by atoms with Gasteiger partial charge in [0.2, 0.25) is 5.78 Å². The molecule has 6 heteroatoms. The summed E-state index contributed by atoms with van der Waals surface area (Å²) in [6, 6.07) is 14.8. The van der Waals surface area contributed by atoms with E-state index in [1.165, 1.54) is 12.7 Å². The van der Waals surface area contributed by atoms with Crippen molar-refractivity contribution in [1.82, 2.24) is 4.57 Å². The van der Waals surface area contributed by atoms with Crippen molar-refractivity contribution in [2.75, 3.05) is 20.8 Å². The number of carbonyl (C=O) groups is 2. The minimum absolute atomic E-state index is 0.106. The van der Waals surface area contributed by atoms with E-state index in [4.69, 9.17) is 14.2 Å². The molecule has 0 atom stereocenters. The maximum absolute atomic E-state index is 12.8. The van der Waals surface area contributed by atoms with Gasteiger partial charge in [0.15, 0.2) is 18.1 Å². The van der Waals surface area contributed by atoms with Gasteiger partial charge in [-0.05, 0) is 62.2 Å². The van der Waals surface area contributed by atoms with E-state index in [9.17, 15) is 9.59 Å². The third kappa shape index (κ3) is 5.15. The molecule has 0 bridgehead atoms. The number of aryl methyl sites for hydroxylation is 2. The SMILES string of the molecule is COc1ccc(CCn2c(C)cc(C(=O)COc3ccc(C=O)cc3OC)c2C)cc1. The van der Waals surface area contributed by atoms with Crippen molar-refractivity contribution >= 4 is 12.1 Å². The summed E-state index contributed by atoms with van der Waals surface area (Å²) < 4.78 is 18.3. The molecule has 0 N–H and O–H groups in total. The number of rotatable bonds is 10. The number of ether oxygens (including phenoxy) is 3. The van der Waals surface area contributed by atoms with Crippen LogP contribution in [0, 0.1) is 13.8 Å². The summed E-state index contributed by atoms with van der Waals surface area (Å²) in [7, 11) is 3.15. The van der Waals surface area contributed by atoms with Gasteiger partial charge >= 0.3 is 0 Å². The molecule has 1 aromatic heterocycles. The van der Waals surface area contributed by atoms with E-state index in [2.05, 4.69) is 16.7 Å². The Balaban J connectivity index is 1.67. The number of carbonyl (C=O) groups excluding carboxylic acids is 2. The normalized spacial score (nSPS) is 10.6. The van der Waals surface area contributed by atoms with E-state index < -0.39 is 0 Å². The van der Waals surface area contributed by atoms with Crippen molar-refractivity contribution in [2.45, 2.75) is 26.8 Å². The van der Waals surface area contributed by atoms with E-state index in [0.29, 0.717) is 22.6 Å². The molecule has 0 unspecified atom stereocenters. The van der Waals surface area contributed by atoms with E-state index in [1.807, 2.05) is 32.0 Å². The van der Waals surface area contributed by atoms with Crippen LogP contribution >= 0.6 is 0 Å². The third-order valence-corrected chi connectivity index (χ3v) is 5.34. The molecule has 6 nitrogen and oxygen atoms in total. The summed E-state index contributed by atoms with van der Waals surface area (Å²) in [5, 5.41) is 0. The molecule has 2 aromatic carbocycles. The number of nitrogens with zero attached hydrogens (tertiary/aromatic N) is 1. The first-order valence-electron chi connectivity index (χ1n) is 10.1. The number of hydrogen-bond acceptors (Lipinski definition) is 5. The van der Waals surface area contributed by atoms with Crippen LogP contribution < -0.4 is 14.2 Å². The predicted molar refractivity (Wildman–Crippen MR) is 119 cm³/mol. The van der Waals surface area contributed by atoms with Gasteiger partial charge in [-0.15, -0.1) is 0 Å². The van der Waals surface area contributed by atoms with Gasteiger partial charge in [-0.25, -0.2) is 0 Å². The van der Waals surface area contributed by atoms with Crippen LogP contribution in [-0.4, -0.2) is 37.5 Å². The lowest BCUT2D eigenvalue weighted by Gasteiger charge is -2.12. The highest BCUT2D eigenvalue weighted by molar-refractivity contribution is 5.98. The van der Waals surface area contributed by atoms with Crippen LogP contribution in [0.25, 0.3) is 0 Å². The third-order valence-electron chi connectivity index (χ3n) is 5.34. The number of ketones is 1. The second-order valence-corrected chi connectivity index (χ2v) is 7.27. The van der Waals surface area contributed by atoms with Crippen LogP contribution in [0.4, 0.5) is 0 Å². The van der Waals surface area contributed by atoms with Crippen LogP contribution in [0.15, 0.2) is 48.5 Å². The number of aromatic nitrogens is 1. The number of methoxy groups -OCH3 is 2. The molecule has 0 aliphatic rings. The van der Waals surface area contributed by atoms with Crippen molar-refractivity contribution in [3.63, 3.8) is 0 Å². The van der Waals surface area contributed by atoms with E-state index in [1.54, 1.807) is 25.3 Å². The number of aldehydes is 1. The highest BCUT2D eigenvalue weighted by Gasteiger charge is 2.17. The molecule has 1 heterocycles. The van der Waals surface area contributed by atoms with Crippen molar-refractivity contribution < 1.29 is 23.8 Å². The fourth-order valence-electron chi connectivity index (χ4n) is 3.56. The Hall–Kier alpha value is -3.54. The van der Waals surface area contributed by atoms with Crippen LogP contribution in [0.1, 0.15) is 37.7 Å². The smallest absolute Gasteiger partial charge is 0.202 e. The zero-order chi connectivity index (χ0) is 22.4. The highest BCUT2D eigenvalue weighted by Crippen LogP contribution is 2.28. The molecule has 0 saturated heterocycles. The Labute approximate surface area is 182 Å². The molecule has 3 aromatic rings. The summed E-state index contributed by atoms with van der Waals surface area (Å²) in [4.78, 5) is 23.7. The molecular formula is C25H27NO5. The Morgan fingerprint density at radius 3 is 2.35 bits per heavy atom. The van der Waals surface area contributed by atoms with Crippen LogP contribution in [0.5, 0.6) is 17.2 Å². The molecule has 3 rings (SSSR count). The molecular weight excluding hydrogens is 394 g/mol. The lowest BCUT2D eigenvalue weighted by atomic mass is 10.1. The standard InChI is InChI=1S/C25H27NO5/c1-17-13-22(18(2)26(17)12-11-19-5-8-21(29-3)9-6-19)23(28)16-31-24-10-7-20(15-27)14-25(24)30-4/h5-10,13-15H,11-12,16H2,1-4H3. The molecule has 0 aliphatic heterocycles. The van der Waals surface area contributed by atoms with Crippen LogP contribution in [0.3, 0.4) is 0 Å². The van der Waals surface area contributed by atoms with Gasteiger partial charge in [0.1, 0.15) is 12.0 Å². The summed E-state index contributed by atoms with van der Waals surface area (Å²) in [6.07, 6.45) is 1.59. The van der Waals surface area contributed by atoms with Crippen molar-refractivity contribution in [3.8, 4) is 17.2 Å². The zero-order valence-electron chi connectivity index (χ0n) is 18.3. The monoisotopic (exact) mass is 421 g/mol. The largest absolute Gasteiger partial charge is 0.497 e. The lowest BCUT2D eigenvalue weighted by molar-refractivity contribution is 0.0918. The van der Waals surface area contributed by atoms with E-state index >= 15 is 0 Å². The Morgan fingerprint density at radius 1 is 0.968 bits per heavy atom. The molecule has 31 heavy (non-hydrogen) atoms. The maximum atomic E-state index is 12.8. The summed E-state index contributed by atoms with van der Waals surface area (Å²) in [6.45, 7) is 4.62.